The predicted octanol–water partition coefficient (Wildman–Crippen LogP) is 1.63. The van der Waals surface area contributed by atoms with Crippen molar-refractivity contribution in [3.63, 3.8) is 0 Å². The number of morpholine rings is 1. The van der Waals surface area contributed by atoms with E-state index in [-0.39, 0.29) is 18.1 Å². The second kappa shape index (κ2) is 8.31. The number of hydrogen-bond donors (Lipinski definition) is 2. The summed E-state index contributed by atoms with van der Waals surface area (Å²) in [6, 6.07) is -1.12. The van der Waals surface area contributed by atoms with Gasteiger partial charge < -0.3 is 19.9 Å². The van der Waals surface area contributed by atoms with Gasteiger partial charge in [0.1, 0.15) is 11.6 Å². The van der Waals surface area contributed by atoms with Gasteiger partial charge in [-0.25, -0.2) is 4.79 Å². The van der Waals surface area contributed by atoms with Crippen LogP contribution in [0.1, 0.15) is 34.1 Å². The third-order valence-electron chi connectivity index (χ3n) is 3.49. The van der Waals surface area contributed by atoms with Gasteiger partial charge in [0, 0.05) is 6.54 Å². The van der Waals surface area contributed by atoms with Crippen LogP contribution in [0.5, 0.6) is 0 Å². The van der Waals surface area contributed by atoms with Crippen LogP contribution in [0.15, 0.2) is 12.7 Å². The third-order valence-corrected chi connectivity index (χ3v) is 3.49. The highest BCUT2D eigenvalue weighted by Gasteiger charge is 2.34. The summed E-state index contributed by atoms with van der Waals surface area (Å²) in [4.78, 5) is 24.9. The zero-order valence-electron chi connectivity index (χ0n) is 14.4. The lowest BCUT2D eigenvalue weighted by atomic mass is 10.1. The predicted molar refractivity (Wildman–Crippen MR) is 86.4 cm³/mol. The van der Waals surface area contributed by atoms with Gasteiger partial charge in [-0.2, -0.15) is 0 Å². The van der Waals surface area contributed by atoms with E-state index in [1.807, 2.05) is 0 Å². The molecule has 0 spiro atoms. The van der Waals surface area contributed by atoms with Crippen LogP contribution in [-0.2, 0) is 14.3 Å². The van der Waals surface area contributed by atoms with Gasteiger partial charge in [0.25, 0.3) is 0 Å². The molecule has 0 radical (unpaired) electrons. The van der Waals surface area contributed by atoms with Crippen molar-refractivity contribution in [1.82, 2.24) is 10.2 Å². The fourth-order valence-electron chi connectivity index (χ4n) is 2.43. The molecule has 1 unspecified atom stereocenters. The third kappa shape index (κ3) is 6.19. The van der Waals surface area contributed by atoms with Crippen molar-refractivity contribution in [2.75, 3.05) is 19.8 Å². The van der Waals surface area contributed by atoms with Crippen LogP contribution < -0.4 is 5.32 Å². The molecule has 1 heterocycles. The molecule has 1 aliphatic rings. The summed E-state index contributed by atoms with van der Waals surface area (Å²) in [6.45, 7) is 11.7. The SMILES string of the molecule is C=CC[C@H]1COCC(CN[C@@H](C)C(=O)OC(C)(C)C)N1C(=O)O. The summed E-state index contributed by atoms with van der Waals surface area (Å²) in [5.41, 5.74) is -0.552. The summed E-state index contributed by atoms with van der Waals surface area (Å²) >= 11 is 0. The Labute approximate surface area is 137 Å². The van der Waals surface area contributed by atoms with E-state index in [9.17, 15) is 14.7 Å². The van der Waals surface area contributed by atoms with Gasteiger partial charge in [-0.1, -0.05) is 6.08 Å². The standard InChI is InChI=1S/C16H28N2O5/c1-6-7-12-9-22-10-13(18(12)15(20)21)8-17-11(2)14(19)23-16(3,4)5/h6,11-13,17H,1,7-10H2,2-5H3,(H,20,21)/t11-,12-,13?/m0/s1. The summed E-state index contributed by atoms with van der Waals surface area (Å²) in [6.07, 6.45) is 1.23. The fraction of sp³-hybridized carbons (Fsp3) is 0.750. The summed E-state index contributed by atoms with van der Waals surface area (Å²) in [5.74, 6) is -0.362. The Morgan fingerprint density at radius 2 is 2.04 bits per heavy atom. The first-order valence-electron chi connectivity index (χ1n) is 7.82. The normalized spacial score (nSPS) is 23.2. The molecule has 0 aromatic rings. The quantitative estimate of drug-likeness (QED) is 0.569. The summed E-state index contributed by atoms with van der Waals surface area (Å²) < 4.78 is 10.8. The van der Waals surface area contributed by atoms with E-state index in [0.717, 1.165) is 0 Å². The molecule has 7 heteroatoms. The number of esters is 1. The molecule has 0 aromatic heterocycles. The Balaban J connectivity index is 2.61. The largest absolute Gasteiger partial charge is 0.465 e. The lowest BCUT2D eigenvalue weighted by Crippen LogP contribution is -2.58. The molecule has 3 atom stereocenters. The van der Waals surface area contributed by atoms with Gasteiger partial charge >= 0.3 is 12.1 Å². The highest BCUT2D eigenvalue weighted by molar-refractivity contribution is 5.75. The smallest absolute Gasteiger partial charge is 0.408 e. The van der Waals surface area contributed by atoms with Crippen molar-refractivity contribution in [3.8, 4) is 0 Å². The second-order valence-electron chi connectivity index (χ2n) is 6.72. The molecule has 0 aromatic carbocycles. The minimum atomic E-state index is -0.989. The second-order valence-corrected chi connectivity index (χ2v) is 6.72. The van der Waals surface area contributed by atoms with E-state index in [1.54, 1.807) is 33.8 Å². The minimum absolute atomic E-state index is 0.248. The van der Waals surface area contributed by atoms with Crippen molar-refractivity contribution in [3.05, 3.63) is 12.7 Å². The maximum atomic E-state index is 12.0. The van der Waals surface area contributed by atoms with Crippen molar-refractivity contribution in [2.24, 2.45) is 0 Å². The van der Waals surface area contributed by atoms with Crippen molar-refractivity contribution in [2.45, 2.75) is 57.8 Å². The molecule has 0 aliphatic carbocycles. The lowest BCUT2D eigenvalue weighted by molar-refractivity contribution is -0.157. The number of ether oxygens (including phenoxy) is 2. The maximum Gasteiger partial charge on any atom is 0.408 e. The Bertz CT molecular complexity index is 433. The molecule has 2 N–H and O–H groups in total. The lowest BCUT2D eigenvalue weighted by Gasteiger charge is -2.40. The average molecular weight is 328 g/mol. The zero-order valence-corrected chi connectivity index (χ0v) is 14.4. The molecule has 0 bridgehead atoms. The minimum Gasteiger partial charge on any atom is -0.465 e. The van der Waals surface area contributed by atoms with Crippen LogP contribution in [0.25, 0.3) is 0 Å². The Morgan fingerprint density at radius 1 is 1.43 bits per heavy atom. The fourth-order valence-corrected chi connectivity index (χ4v) is 2.43. The van der Waals surface area contributed by atoms with E-state index < -0.39 is 17.7 Å². The molecular formula is C16H28N2O5. The Morgan fingerprint density at radius 3 is 2.57 bits per heavy atom. The van der Waals surface area contributed by atoms with E-state index in [0.29, 0.717) is 26.2 Å². The molecule has 1 rings (SSSR count). The van der Waals surface area contributed by atoms with Gasteiger partial charge in [0.15, 0.2) is 0 Å². The van der Waals surface area contributed by atoms with Gasteiger partial charge in [0.05, 0.1) is 25.3 Å². The number of hydrogen-bond acceptors (Lipinski definition) is 5. The molecule has 23 heavy (non-hydrogen) atoms. The topological polar surface area (TPSA) is 88.1 Å². The van der Waals surface area contributed by atoms with E-state index in [2.05, 4.69) is 11.9 Å². The molecule has 1 aliphatic heterocycles. The number of amides is 1. The first kappa shape index (κ1) is 19.4. The number of nitrogens with zero attached hydrogens (tertiary/aromatic N) is 1. The number of nitrogens with one attached hydrogen (secondary N) is 1. The van der Waals surface area contributed by atoms with Crippen LogP contribution in [0.2, 0.25) is 0 Å². The first-order valence-corrected chi connectivity index (χ1v) is 7.82. The van der Waals surface area contributed by atoms with Crippen LogP contribution in [0.4, 0.5) is 4.79 Å². The van der Waals surface area contributed by atoms with Crippen LogP contribution in [-0.4, -0.2) is 65.6 Å². The Hall–Kier alpha value is -1.60. The molecule has 1 fully saturated rings. The number of rotatable bonds is 6. The molecular weight excluding hydrogens is 300 g/mol. The summed E-state index contributed by atoms with van der Waals surface area (Å²) in [7, 11) is 0. The van der Waals surface area contributed by atoms with Gasteiger partial charge in [0.2, 0.25) is 0 Å². The molecule has 0 saturated carbocycles. The van der Waals surface area contributed by atoms with Crippen molar-refractivity contribution < 1.29 is 24.2 Å². The van der Waals surface area contributed by atoms with Crippen LogP contribution in [0, 0.1) is 0 Å². The maximum absolute atomic E-state index is 12.0. The highest BCUT2D eigenvalue weighted by atomic mass is 16.6. The van der Waals surface area contributed by atoms with Crippen LogP contribution >= 0.6 is 0 Å². The van der Waals surface area contributed by atoms with Gasteiger partial charge in [-0.05, 0) is 34.1 Å². The highest BCUT2D eigenvalue weighted by Crippen LogP contribution is 2.17. The number of carbonyl (C=O) groups is 2. The van der Waals surface area contributed by atoms with E-state index >= 15 is 0 Å². The van der Waals surface area contributed by atoms with E-state index in [1.165, 1.54) is 4.90 Å². The van der Waals surface area contributed by atoms with Gasteiger partial charge in [-0.3, -0.25) is 9.69 Å². The average Bonchev–Trinajstić information content (AvgIpc) is 2.42. The van der Waals surface area contributed by atoms with Gasteiger partial charge in [-0.15, -0.1) is 6.58 Å². The zero-order chi connectivity index (χ0) is 17.6. The van der Waals surface area contributed by atoms with Crippen molar-refractivity contribution in [1.29, 1.82) is 0 Å². The number of carboxylic acid groups (broad SMARTS) is 1. The Kier molecular flexibility index (Phi) is 7.02. The van der Waals surface area contributed by atoms with E-state index in [4.69, 9.17) is 9.47 Å². The summed E-state index contributed by atoms with van der Waals surface area (Å²) in [5, 5.41) is 12.5. The number of carbonyl (C=O) groups excluding carboxylic acids is 1. The molecule has 1 saturated heterocycles. The van der Waals surface area contributed by atoms with Crippen molar-refractivity contribution >= 4 is 12.1 Å². The monoisotopic (exact) mass is 328 g/mol. The van der Waals surface area contributed by atoms with Crippen LogP contribution in [0.3, 0.4) is 0 Å². The first-order chi connectivity index (χ1) is 10.7. The molecule has 7 nitrogen and oxygen atoms in total. The molecule has 132 valence electrons. The molecule has 1 amide bonds.